The number of anilines is 1. The van der Waals surface area contributed by atoms with Gasteiger partial charge in [0.2, 0.25) is 0 Å². The molecule has 0 spiro atoms. The lowest BCUT2D eigenvalue weighted by atomic mass is 10.1. The molecule has 5 heteroatoms. The fourth-order valence-corrected chi connectivity index (χ4v) is 2.70. The van der Waals surface area contributed by atoms with Crippen molar-refractivity contribution in [1.29, 1.82) is 0 Å². The fourth-order valence-electron chi connectivity index (χ4n) is 2.70. The summed E-state index contributed by atoms with van der Waals surface area (Å²) >= 11 is 0. The third-order valence-electron chi connectivity index (χ3n) is 3.82. The van der Waals surface area contributed by atoms with E-state index in [1.165, 1.54) is 12.1 Å². The monoisotopic (exact) mass is 286 g/mol. The van der Waals surface area contributed by atoms with Crippen LogP contribution in [0.15, 0.2) is 36.5 Å². The minimum absolute atomic E-state index is 0.291. The molecule has 1 aromatic heterocycles. The number of aryl methyl sites for hydroxylation is 1. The van der Waals surface area contributed by atoms with Crippen molar-refractivity contribution in [3.63, 3.8) is 0 Å². The first-order valence-corrected chi connectivity index (χ1v) is 7.42. The predicted molar refractivity (Wildman–Crippen MR) is 83.4 cm³/mol. The van der Waals surface area contributed by atoms with Crippen LogP contribution in [0.25, 0.3) is 0 Å². The molecule has 0 amide bonds. The van der Waals surface area contributed by atoms with Crippen molar-refractivity contribution in [2.75, 3.05) is 18.0 Å². The van der Waals surface area contributed by atoms with Crippen molar-refractivity contribution in [3.05, 3.63) is 42.2 Å². The highest BCUT2D eigenvalue weighted by Gasteiger charge is 2.16. The van der Waals surface area contributed by atoms with E-state index in [-0.39, 0.29) is 0 Å². The van der Waals surface area contributed by atoms with E-state index in [4.69, 9.17) is 10.5 Å². The molecule has 1 aromatic carbocycles. The normalized spacial score (nSPS) is 18.8. The Kier molecular flexibility index (Phi) is 4.10. The van der Waals surface area contributed by atoms with E-state index in [0.29, 0.717) is 12.6 Å². The first-order chi connectivity index (χ1) is 10.2. The van der Waals surface area contributed by atoms with Crippen molar-refractivity contribution >= 4 is 5.69 Å². The van der Waals surface area contributed by atoms with Crippen LogP contribution in [0.4, 0.5) is 5.69 Å². The first kappa shape index (κ1) is 13.9. The topological polar surface area (TPSA) is 56.3 Å². The lowest BCUT2D eigenvalue weighted by Crippen LogP contribution is -2.42. The summed E-state index contributed by atoms with van der Waals surface area (Å²) in [6.07, 6.45) is 4.21. The second-order valence-corrected chi connectivity index (χ2v) is 5.61. The molecular weight excluding hydrogens is 264 g/mol. The van der Waals surface area contributed by atoms with Crippen LogP contribution < -0.4 is 15.4 Å². The van der Waals surface area contributed by atoms with E-state index >= 15 is 0 Å². The summed E-state index contributed by atoms with van der Waals surface area (Å²) < 4.78 is 7.53. The first-order valence-electron chi connectivity index (χ1n) is 7.42. The average Bonchev–Trinajstić information content (AvgIpc) is 2.91. The second kappa shape index (κ2) is 6.18. The maximum atomic E-state index is 6.03. The van der Waals surface area contributed by atoms with Crippen molar-refractivity contribution in [2.24, 2.45) is 12.8 Å². The predicted octanol–water partition coefficient (Wildman–Crippen LogP) is 1.93. The number of nitrogens with zero attached hydrogens (tertiary/aromatic N) is 3. The van der Waals surface area contributed by atoms with Gasteiger partial charge in [-0.15, -0.1) is 0 Å². The number of hydrogen-bond donors (Lipinski definition) is 1. The van der Waals surface area contributed by atoms with Crippen molar-refractivity contribution < 1.29 is 4.74 Å². The number of piperidine rings is 1. The Labute approximate surface area is 125 Å². The molecule has 5 nitrogen and oxygen atoms in total. The zero-order valence-electron chi connectivity index (χ0n) is 12.4. The zero-order valence-corrected chi connectivity index (χ0v) is 12.4. The number of rotatable bonds is 4. The van der Waals surface area contributed by atoms with Gasteiger partial charge in [0.1, 0.15) is 12.4 Å². The molecule has 0 bridgehead atoms. The lowest BCUT2D eigenvalue weighted by molar-refractivity contribution is 0.300. The number of aromatic nitrogens is 2. The van der Waals surface area contributed by atoms with Gasteiger partial charge in [0, 0.05) is 38.1 Å². The number of nitrogens with two attached hydrogens (primary N) is 1. The summed E-state index contributed by atoms with van der Waals surface area (Å²) in [7, 11) is 1.90. The summed E-state index contributed by atoms with van der Waals surface area (Å²) in [6.45, 7) is 2.52. The molecule has 2 aromatic rings. The molecule has 2 heterocycles. The summed E-state index contributed by atoms with van der Waals surface area (Å²) in [4.78, 5) is 2.34. The van der Waals surface area contributed by atoms with Crippen LogP contribution in [0.3, 0.4) is 0 Å². The molecule has 1 saturated heterocycles. The van der Waals surface area contributed by atoms with E-state index in [1.54, 1.807) is 4.68 Å². The van der Waals surface area contributed by atoms with E-state index in [0.717, 1.165) is 31.0 Å². The number of ether oxygens (including phenoxy) is 1. The Morgan fingerprint density at radius 1 is 1.29 bits per heavy atom. The quantitative estimate of drug-likeness (QED) is 0.933. The molecule has 112 valence electrons. The molecular formula is C16H22N4O. The minimum Gasteiger partial charge on any atom is -0.487 e. The fraction of sp³-hybridized carbons (Fsp3) is 0.438. The highest BCUT2D eigenvalue weighted by Crippen LogP contribution is 2.22. The maximum Gasteiger partial charge on any atom is 0.132 e. The highest BCUT2D eigenvalue weighted by atomic mass is 16.5. The lowest BCUT2D eigenvalue weighted by Gasteiger charge is -2.32. The highest BCUT2D eigenvalue weighted by molar-refractivity contribution is 5.49. The van der Waals surface area contributed by atoms with Crippen molar-refractivity contribution in [1.82, 2.24) is 9.78 Å². The molecule has 1 unspecified atom stereocenters. The van der Waals surface area contributed by atoms with Gasteiger partial charge in [-0.25, -0.2) is 0 Å². The van der Waals surface area contributed by atoms with Gasteiger partial charge in [0.15, 0.2) is 0 Å². The van der Waals surface area contributed by atoms with Crippen LogP contribution in [0.2, 0.25) is 0 Å². The van der Waals surface area contributed by atoms with Crippen LogP contribution in [-0.4, -0.2) is 28.9 Å². The van der Waals surface area contributed by atoms with Gasteiger partial charge in [0.05, 0.1) is 5.69 Å². The van der Waals surface area contributed by atoms with Gasteiger partial charge in [-0.3, -0.25) is 4.68 Å². The number of benzene rings is 1. The summed E-state index contributed by atoms with van der Waals surface area (Å²) in [5.74, 6) is 0.866. The molecule has 1 fully saturated rings. The summed E-state index contributed by atoms with van der Waals surface area (Å²) in [6, 6.07) is 10.5. The van der Waals surface area contributed by atoms with Crippen molar-refractivity contribution in [2.45, 2.75) is 25.5 Å². The largest absolute Gasteiger partial charge is 0.487 e. The van der Waals surface area contributed by atoms with Gasteiger partial charge < -0.3 is 15.4 Å². The van der Waals surface area contributed by atoms with Crippen molar-refractivity contribution in [3.8, 4) is 5.75 Å². The van der Waals surface area contributed by atoms with Crippen LogP contribution >= 0.6 is 0 Å². The van der Waals surface area contributed by atoms with Gasteiger partial charge in [-0.1, -0.05) is 0 Å². The summed E-state index contributed by atoms with van der Waals surface area (Å²) in [5, 5.41) is 4.29. The number of hydrogen-bond acceptors (Lipinski definition) is 4. The summed E-state index contributed by atoms with van der Waals surface area (Å²) in [5.41, 5.74) is 8.18. The van der Waals surface area contributed by atoms with Gasteiger partial charge in [0.25, 0.3) is 0 Å². The Hall–Kier alpha value is -2.01. The molecule has 0 aliphatic carbocycles. The Morgan fingerprint density at radius 3 is 2.76 bits per heavy atom. The maximum absolute atomic E-state index is 6.03. The Bertz CT molecular complexity index is 578. The molecule has 0 saturated carbocycles. The third-order valence-corrected chi connectivity index (χ3v) is 3.82. The van der Waals surface area contributed by atoms with E-state index < -0.39 is 0 Å². The van der Waals surface area contributed by atoms with Crippen LogP contribution in [-0.2, 0) is 13.7 Å². The minimum atomic E-state index is 0.291. The van der Waals surface area contributed by atoms with E-state index in [9.17, 15) is 0 Å². The van der Waals surface area contributed by atoms with Crippen LogP contribution in [0.5, 0.6) is 5.75 Å². The molecule has 1 atom stereocenters. The SMILES string of the molecule is Cn1ccc(COc2ccc(N3CCCC(N)C3)cc2)n1. The molecule has 1 aliphatic heterocycles. The third kappa shape index (κ3) is 3.55. The standard InChI is InChI=1S/C16H22N4O/c1-19-10-8-14(18-19)12-21-16-6-4-15(5-7-16)20-9-2-3-13(17)11-20/h4-8,10,13H,2-3,9,11-12,17H2,1H3. The molecule has 21 heavy (non-hydrogen) atoms. The second-order valence-electron chi connectivity index (χ2n) is 5.61. The van der Waals surface area contributed by atoms with Gasteiger partial charge in [-0.05, 0) is 43.2 Å². The van der Waals surface area contributed by atoms with Crippen LogP contribution in [0.1, 0.15) is 18.5 Å². The Morgan fingerprint density at radius 2 is 2.10 bits per heavy atom. The average molecular weight is 286 g/mol. The van der Waals surface area contributed by atoms with Gasteiger partial charge in [-0.2, -0.15) is 5.10 Å². The Balaban J connectivity index is 1.58. The van der Waals surface area contributed by atoms with Gasteiger partial charge >= 0.3 is 0 Å². The molecule has 3 rings (SSSR count). The zero-order chi connectivity index (χ0) is 14.7. The molecule has 0 radical (unpaired) electrons. The van der Waals surface area contributed by atoms with E-state index in [1.807, 2.05) is 31.4 Å². The molecule has 1 aliphatic rings. The smallest absolute Gasteiger partial charge is 0.132 e. The van der Waals surface area contributed by atoms with E-state index in [2.05, 4.69) is 22.1 Å². The van der Waals surface area contributed by atoms with Crippen LogP contribution in [0, 0.1) is 0 Å². The molecule has 2 N–H and O–H groups in total.